The lowest BCUT2D eigenvalue weighted by Crippen LogP contribution is -2.33. The van der Waals surface area contributed by atoms with Crippen LogP contribution in [0.3, 0.4) is 0 Å². The van der Waals surface area contributed by atoms with E-state index in [0.29, 0.717) is 40.2 Å². The molecule has 1 aliphatic heterocycles. The van der Waals surface area contributed by atoms with Crippen LogP contribution in [0.4, 0.5) is 43.4 Å². The molecule has 7 N–H and O–H groups in total. The Labute approximate surface area is 439 Å². The smallest absolute Gasteiger partial charge is 0.416 e. The molecule has 8 rings (SSSR count). The molecule has 20 heteroatoms. The molecule has 3 heterocycles. The highest BCUT2D eigenvalue weighted by atomic mass is 19.4. The molecule has 1 aliphatic carbocycles. The number of likely N-dealkylation sites (N-methyl/N-ethyl adjacent to an activating group) is 2. The summed E-state index contributed by atoms with van der Waals surface area (Å²) in [6, 6.07) is 23.6. The van der Waals surface area contributed by atoms with Crippen molar-refractivity contribution in [2.45, 2.75) is 71.0 Å². The van der Waals surface area contributed by atoms with Crippen molar-refractivity contribution >= 4 is 34.6 Å². The van der Waals surface area contributed by atoms with E-state index in [-0.39, 0.29) is 53.5 Å². The van der Waals surface area contributed by atoms with Crippen LogP contribution >= 0.6 is 0 Å². The standard InChI is InChI=1S/C27H29F3N6O2.C24H30F3N3O2.C5H5N/c1-16-5-6-17(11-24(16)36(32)15-22(31)18-4-3-9-33-13-18)26(37)35-23-12-20(27(28,29)30)10-19(25(23)38-2)14-34-21-7-8-21;1-15-6-7-17-11-20(15)16(2)13-29(3)8-9-30(4)14-18-10-19(24(25,26)27)12-21(22(18)32-5)28-23(17)31;1-2-4-6-5-3-1/h3-6,9-13,15,21,34H,7-8,14,31-32H2,1-2H3,(H,35,37);6-7,10-12,16H,8-9,13-14H2,1-5H3,(H,28,31);1-5H/b22-15-;;. The highest BCUT2D eigenvalue weighted by molar-refractivity contribution is 6.06. The van der Waals surface area contributed by atoms with Gasteiger partial charge in [-0.25, -0.2) is 5.84 Å². The molecule has 1 unspecified atom stereocenters. The Morgan fingerprint density at radius 3 is 2.08 bits per heavy atom. The second-order valence-corrected chi connectivity index (χ2v) is 18.7. The molecule has 4 aromatic carbocycles. The number of carbonyl (C=O) groups excluding carboxylic acids is 2. The van der Waals surface area contributed by atoms with E-state index in [2.05, 4.69) is 37.7 Å². The zero-order chi connectivity index (χ0) is 55.3. The van der Waals surface area contributed by atoms with E-state index < -0.39 is 35.3 Å². The second kappa shape index (κ2) is 25.8. The number of aryl methyl sites for hydroxylation is 2. The number of pyridine rings is 2. The van der Waals surface area contributed by atoms with Crippen LogP contribution in [0.2, 0.25) is 0 Å². The normalized spacial score (nSPS) is 15.6. The Morgan fingerprint density at radius 1 is 0.816 bits per heavy atom. The molecular formula is C56H64F6N10O4. The lowest BCUT2D eigenvalue weighted by molar-refractivity contribution is -0.138. The number of carbonyl (C=O) groups is 2. The molecule has 1 fully saturated rings. The van der Waals surface area contributed by atoms with E-state index in [1.807, 2.05) is 56.3 Å². The summed E-state index contributed by atoms with van der Waals surface area (Å²) in [5.41, 5.74) is 10.0. The second-order valence-electron chi connectivity index (χ2n) is 18.7. The lowest BCUT2D eigenvalue weighted by Gasteiger charge is -2.26. The van der Waals surface area contributed by atoms with Crippen molar-refractivity contribution in [2.24, 2.45) is 11.6 Å². The Bertz CT molecular complexity index is 2930. The van der Waals surface area contributed by atoms with E-state index in [4.69, 9.17) is 21.1 Å². The number of anilines is 3. The minimum atomic E-state index is -4.60. The van der Waals surface area contributed by atoms with Gasteiger partial charge in [-0.2, -0.15) is 26.3 Å². The van der Waals surface area contributed by atoms with Crippen molar-refractivity contribution in [3.8, 4) is 11.5 Å². The maximum Gasteiger partial charge on any atom is 0.416 e. The number of hydrogen-bond donors (Lipinski definition) is 5. The summed E-state index contributed by atoms with van der Waals surface area (Å²) >= 11 is 0. The summed E-state index contributed by atoms with van der Waals surface area (Å²) in [5.74, 6) is 5.72. The van der Waals surface area contributed by atoms with Gasteiger partial charge in [0.15, 0.2) is 0 Å². The fraction of sp³-hybridized carbons (Fsp3) is 0.321. The number of amides is 2. The molecule has 76 heavy (non-hydrogen) atoms. The van der Waals surface area contributed by atoms with Gasteiger partial charge in [-0.3, -0.25) is 24.6 Å². The first kappa shape index (κ1) is 57.8. The molecular weight excluding hydrogens is 991 g/mol. The van der Waals surface area contributed by atoms with Gasteiger partial charge in [0.05, 0.1) is 48.1 Å². The molecule has 2 amide bonds. The maximum absolute atomic E-state index is 13.7. The van der Waals surface area contributed by atoms with E-state index in [9.17, 15) is 35.9 Å². The predicted octanol–water partition coefficient (Wildman–Crippen LogP) is 10.4. The number of benzene rings is 4. The van der Waals surface area contributed by atoms with Crippen LogP contribution in [0.5, 0.6) is 11.5 Å². The number of rotatable bonds is 10. The van der Waals surface area contributed by atoms with Gasteiger partial charge in [-0.05, 0) is 136 Å². The van der Waals surface area contributed by atoms with Gasteiger partial charge in [0.2, 0.25) is 0 Å². The third-order valence-corrected chi connectivity index (χ3v) is 12.6. The van der Waals surface area contributed by atoms with E-state index in [0.717, 1.165) is 66.9 Å². The molecule has 4 bridgehead atoms. The Balaban J connectivity index is 0.000000224. The largest absolute Gasteiger partial charge is 0.494 e. The number of ether oxygens (including phenoxy) is 2. The highest BCUT2D eigenvalue weighted by Gasteiger charge is 2.35. The van der Waals surface area contributed by atoms with Crippen molar-refractivity contribution in [3.63, 3.8) is 0 Å². The van der Waals surface area contributed by atoms with Crippen molar-refractivity contribution < 1.29 is 45.4 Å². The van der Waals surface area contributed by atoms with Crippen LogP contribution in [-0.2, 0) is 25.4 Å². The number of alkyl halides is 6. The number of fused-ring (bicyclic) bond motifs is 4. The first-order valence-electron chi connectivity index (χ1n) is 24.3. The van der Waals surface area contributed by atoms with Crippen LogP contribution in [0.25, 0.3) is 5.70 Å². The number of halogens is 6. The van der Waals surface area contributed by atoms with Crippen LogP contribution in [-0.4, -0.2) is 85.6 Å². The monoisotopic (exact) mass is 1050 g/mol. The van der Waals surface area contributed by atoms with Gasteiger partial charge in [-0.1, -0.05) is 25.1 Å². The minimum Gasteiger partial charge on any atom is -0.494 e. The van der Waals surface area contributed by atoms with Crippen molar-refractivity contribution in [2.75, 3.05) is 63.6 Å². The summed E-state index contributed by atoms with van der Waals surface area (Å²) in [7, 11) is 6.64. The Hall–Kier alpha value is -7.52. The Morgan fingerprint density at radius 2 is 1.47 bits per heavy atom. The van der Waals surface area contributed by atoms with E-state index >= 15 is 0 Å². The molecule has 2 aliphatic rings. The molecule has 0 radical (unpaired) electrons. The topological polar surface area (TPSA) is 176 Å². The summed E-state index contributed by atoms with van der Waals surface area (Å²) in [4.78, 5) is 38.2. The average molecular weight is 1060 g/mol. The fourth-order valence-electron chi connectivity index (χ4n) is 8.40. The van der Waals surface area contributed by atoms with E-state index in [1.54, 1.807) is 62.0 Å². The fourth-order valence-corrected chi connectivity index (χ4v) is 8.40. The van der Waals surface area contributed by atoms with Gasteiger partial charge in [-0.15, -0.1) is 0 Å². The first-order chi connectivity index (χ1) is 36.1. The van der Waals surface area contributed by atoms with Crippen molar-refractivity contribution in [1.29, 1.82) is 0 Å². The molecule has 2 aromatic heterocycles. The first-order valence-corrected chi connectivity index (χ1v) is 24.3. The van der Waals surface area contributed by atoms with Gasteiger partial charge in [0.25, 0.3) is 11.8 Å². The number of methoxy groups -OCH3 is 2. The van der Waals surface area contributed by atoms with Crippen molar-refractivity contribution in [1.82, 2.24) is 25.1 Å². The predicted molar refractivity (Wildman–Crippen MR) is 284 cm³/mol. The third-order valence-electron chi connectivity index (χ3n) is 12.6. The number of nitrogens with two attached hydrogens (primary N) is 2. The summed E-state index contributed by atoms with van der Waals surface area (Å²) < 4.78 is 92.7. The number of aromatic nitrogens is 2. The van der Waals surface area contributed by atoms with Crippen LogP contribution < -0.4 is 42.0 Å². The minimum absolute atomic E-state index is 0.0119. The maximum atomic E-state index is 13.7. The number of hydrogen-bond acceptors (Lipinski definition) is 12. The average Bonchev–Trinajstić information content (AvgIpc) is 4.22. The van der Waals surface area contributed by atoms with Gasteiger partial charge < -0.3 is 41.0 Å². The molecule has 404 valence electrons. The SMILES string of the molecule is COc1c(CNC2CC2)cc(C(F)(F)F)cc1NC(=O)c1ccc(C)c(N(N)/C=C(\N)c2cccnc2)c1.COc1c2cc(C(F)(F)F)cc1NC(=O)c1ccc(C)c(c1)C(C)CN(C)CCN(C)C2.c1ccncc1. The van der Waals surface area contributed by atoms with Gasteiger partial charge >= 0.3 is 12.4 Å². The summed E-state index contributed by atoms with van der Waals surface area (Å²) in [5, 5.41) is 9.72. The van der Waals surface area contributed by atoms with Crippen LogP contribution in [0.15, 0.2) is 122 Å². The molecule has 0 spiro atoms. The molecule has 14 nitrogen and oxygen atoms in total. The van der Waals surface area contributed by atoms with Gasteiger partial charge in [0.1, 0.15) is 11.5 Å². The number of hydrazine groups is 1. The molecule has 0 saturated heterocycles. The van der Waals surface area contributed by atoms with Crippen LogP contribution in [0, 0.1) is 13.8 Å². The quantitative estimate of drug-likeness (QED) is 0.0500. The summed E-state index contributed by atoms with van der Waals surface area (Å²) in [6.45, 7) is 8.58. The molecule has 1 saturated carbocycles. The number of nitrogens with one attached hydrogen (secondary N) is 3. The third kappa shape index (κ3) is 16.0. The lowest BCUT2D eigenvalue weighted by atomic mass is 9.93. The van der Waals surface area contributed by atoms with Crippen molar-refractivity contribution in [3.05, 3.63) is 178 Å². The number of nitrogens with zero attached hydrogens (tertiary/aromatic N) is 5. The van der Waals surface area contributed by atoms with E-state index in [1.165, 1.54) is 31.5 Å². The highest BCUT2D eigenvalue weighted by Crippen LogP contribution is 2.40. The zero-order valence-electron chi connectivity index (χ0n) is 43.4. The van der Waals surface area contributed by atoms with Gasteiger partial charge in [0, 0.05) is 97.6 Å². The zero-order valence-corrected chi connectivity index (χ0v) is 43.4. The summed E-state index contributed by atoms with van der Waals surface area (Å²) in [6.07, 6.45) is 1.01. The molecule has 6 aromatic rings. The Kier molecular flexibility index (Phi) is 19.6. The molecule has 1 atom stereocenters. The van der Waals surface area contributed by atoms with Crippen LogP contribution in [0.1, 0.15) is 90.9 Å².